The lowest BCUT2D eigenvalue weighted by Gasteiger charge is -2.23. The van der Waals surface area contributed by atoms with Gasteiger partial charge in [0, 0.05) is 25.2 Å². The average Bonchev–Trinajstić information content (AvgIpc) is 2.58. The van der Waals surface area contributed by atoms with Gasteiger partial charge < -0.3 is 15.7 Å². The van der Waals surface area contributed by atoms with Crippen molar-refractivity contribution in [3.05, 3.63) is 65.7 Å². The second kappa shape index (κ2) is 9.35. The van der Waals surface area contributed by atoms with E-state index in [1.54, 1.807) is 0 Å². The highest BCUT2D eigenvalue weighted by Crippen LogP contribution is 2.23. The highest BCUT2D eigenvalue weighted by atomic mass is 16.3. The maximum absolute atomic E-state index is 11.2. The Hall–Kier alpha value is -2.17. The molecule has 0 heterocycles. The zero-order chi connectivity index (χ0) is 18.2. The van der Waals surface area contributed by atoms with Crippen molar-refractivity contribution >= 4 is 11.6 Å². The Bertz CT molecular complexity index is 671. The SMILES string of the molecule is CC(=O)Nc1cccc([C@H](C)NC[C@H](C[C@H](C)O)c2ccccc2)c1. The summed E-state index contributed by atoms with van der Waals surface area (Å²) in [6, 6.07) is 18.3. The lowest BCUT2D eigenvalue weighted by atomic mass is 9.93. The standard InChI is InChI=1S/C21H28N2O2/c1-15(24)12-20(18-8-5-4-6-9-18)14-22-16(2)19-10-7-11-21(13-19)23-17(3)25/h4-11,13,15-16,20,22,24H,12,14H2,1-3H3,(H,23,25)/t15-,16-,20-/m0/s1. The summed E-state index contributed by atoms with van der Waals surface area (Å²) in [6.07, 6.45) is 0.376. The Morgan fingerprint density at radius 3 is 2.36 bits per heavy atom. The Kier molecular flexibility index (Phi) is 7.16. The zero-order valence-corrected chi connectivity index (χ0v) is 15.2. The number of hydrogen-bond donors (Lipinski definition) is 3. The fraction of sp³-hybridized carbons (Fsp3) is 0.381. The van der Waals surface area contributed by atoms with Crippen molar-refractivity contribution in [3.63, 3.8) is 0 Å². The van der Waals surface area contributed by atoms with E-state index in [4.69, 9.17) is 0 Å². The van der Waals surface area contributed by atoms with E-state index in [0.717, 1.165) is 24.2 Å². The number of rotatable bonds is 8. The minimum Gasteiger partial charge on any atom is -0.393 e. The summed E-state index contributed by atoms with van der Waals surface area (Å²) in [6.45, 7) is 6.23. The maximum Gasteiger partial charge on any atom is 0.221 e. The summed E-state index contributed by atoms with van der Waals surface area (Å²) >= 11 is 0. The largest absolute Gasteiger partial charge is 0.393 e. The molecule has 4 nitrogen and oxygen atoms in total. The van der Waals surface area contributed by atoms with Gasteiger partial charge in [0.1, 0.15) is 0 Å². The number of anilines is 1. The van der Waals surface area contributed by atoms with Crippen LogP contribution in [0, 0.1) is 0 Å². The molecule has 0 bridgehead atoms. The summed E-state index contributed by atoms with van der Waals surface area (Å²) in [4.78, 5) is 11.2. The quantitative estimate of drug-likeness (QED) is 0.684. The van der Waals surface area contributed by atoms with E-state index >= 15 is 0 Å². The maximum atomic E-state index is 11.2. The molecule has 0 fully saturated rings. The van der Waals surface area contributed by atoms with E-state index in [-0.39, 0.29) is 24.0 Å². The van der Waals surface area contributed by atoms with Crippen molar-refractivity contribution in [2.75, 3.05) is 11.9 Å². The number of nitrogens with one attached hydrogen (secondary N) is 2. The third-order valence-corrected chi connectivity index (χ3v) is 4.27. The Balaban J connectivity index is 2.03. The topological polar surface area (TPSA) is 61.4 Å². The fourth-order valence-electron chi connectivity index (χ4n) is 3.00. The molecule has 25 heavy (non-hydrogen) atoms. The van der Waals surface area contributed by atoms with Gasteiger partial charge in [-0.2, -0.15) is 0 Å². The molecule has 2 aromatic rings. The summed E-state index contributed by atoms with van der Waals surface area (Å²) in [5.74, 6) is 0.181. The van der Waals surface area contributed by atoms with Crippen molar-refractivity contribution in [3.8, 4) is 0 Å². The van der Waals surface area contributed by atoms with E-state index in [9.17, 15) is 9.90 Å². The molecule has 0 aliphatic carbocycles. The van der Waals surface area contributed by atoms with Crippen LogP contribution >= 0.6 is 0 Å². The molecule has 0 aliphatic heterocycles. The molecule has 0 aromatic heterocycles. The Morgan fingerprint density at radius 2 is 1.72 bits per heavy atom. The molecule has 0 saturated carbocycles. The number of carbonyl (C=O) groups is 1. The molecule has 0 saturated heterocycles. The summed E-state index contributed by atoms with van der Waals surface area (Å²) in [5, 5.41) is 16.2. The number of amides is 1. The van der Waals surface area contributed by atoms with Gasteiger partial charge in [-0.25, -0.2) is 0 Å². The van der Waals surface area contributed by atoms with Gasteiger partial charge in [0.15, 0.2) is 0 Å². The third kappa shape index (κ3) is 6.33. The summed E-state index contributed by atoms with van der Waals surface area (Å²) in [5.41, 5.74) is 3.16. The van der Waals surface area contributed by atoms with Crippen molar-refractivity contribution in [2.45, 2.75) is 45.3 Å². The Morgan fingerprint density at radius 1 is 1.04 bits per heavy atom. The molecule has 0 spiro atoms. The van der Waals surface area contributed by atoms with Crippen LogP contribution < -0.4 is 10.6 Å². The smallest absolute Gasteiger partial charge is 0.221 e. The minimum absolute atomic E-state index is 0.0705. The Labute approximate surface area is 150 Å². The molecule has 2 aromatic carbocycles. The van der Waals surface area contributed by atoms with Gasteiger partial charge in [-0.3, -0.25) is 4.79 Å². The van der Waals surface area contributed by atoms with Crippen LogP contribution in [0.5, 0.6) is 0 Å². The second-order valence-electron chi connectivity index (χ2n) is 6.63. The van der Waals surface area contributed by atoms with E-state index in [0.29, 0.717) is 0 Å². The predicted octanol–water partition coefficient (Wildman–Crippen LogP) is 3.85. The van der Waals surface area contributed by atoms with E-state index in [1.165, 1.54) is 12.5 Å². The van der Waals surface area contributed by atoms with Gasteiger partial charge in [-0.05, 0) is 49.4 Å². The molecule has 0 radical (unpaired) electrons. The lowest BCUT2D eigenvalue weighted by Crippen LogP contribution is -2.26. The van der Waals surface area contributed by atoms with Crippen LogP contribution in [0.4, 0.5) is 5.69 Å². The van der Waals surface area contributed by atoms with Crippen LogP contribution in [0.2, 0.25) is 0 Å². The van der Waals surface area contributed by atoms with Gasteiger partial charge in [0.05, 0.1) is 6.10 Å². The summed E-state index contributed by atoms with van der Waals surface area (Å²) < 4.78 is 0. The molecular weight excluding hydrogens is 312 g/mol. The second-order valence-corrected chi connectivity index (χ2v) is 6.63. The lowest BCUT2D eigenvalue weighted by molar-refractivity contribution is -0.114. The highest BCUT2D eigenvalue weighted by molar-refractivity contribution is 5.88. The molecular formula is C21H28N2O2. The van der Waals surface area contributed by atoms with Crippen LogP contribution in [0.1, 0.15) is 50.3 Å². The van der Waals surface area contributed by atoms with Crippen molar-refractivity contribution in [1.29, 1.82) is 0 Å². The predicted molar refractivity (Wildman–Crippen MR) is 103 cm³/mol. The summed E-state index contributed by atoms with van der Waals surface area (Å²) in [7, 11) is 0. The van der Waals surface area contributed by atoms with E-state index < -0.39 is 0 Å². The molecule has 3 atom stereocenters. The molecule has 1 amide bonds. The monoisotopic (exact) mass is 340 g/mol. The van der Waals surface area contributed by atoms with Crippen LogP contribution in [0.3, 0.4) is 0 Å². The van der Waals surface area contributed by atoms with Crippen LogP contribution in [0.15, 0.2) is 54.6 Å². The van der Waals surface area contributed by atoms with Gasteiger partial charge in [0.2, 0.25) is 5.91 Å². The molecule has 0 unspecified atom stereocenters. The number of aliphatic hydroxyl groups excluding tert-OH is 1. The first-order valence-corrected chi connectivity index (χ1v) is 8.79. The third-order valence-electron chi connectivity index (χ3n) is 4.27. The first-order chi connectivity index (χ1) is 12.0. The molecule has 3 N–H and O–H groups in total. The van der Waals surface area contributed by atoms with Crippen molar-refractivity contribution in [1.82, 2.24) is 5.32 Å². The van der Waals surface area contributed by atoms with Crippen LogP contribution in [0.25, 0.3) is 0 Å². The van der Waals surface area contributed by atoms with Crippen molar-refractivity contribution in [2.24, 2.45) is 0 Å². The first kappa shape index (κ1) is 19.2. The molecule has 134 valence electrons. The number of carbonyl (C=O) groups excluding carboxylic acids is 1. The minimum atomic E-state index is -0.342. The molecule has 2 rings (SSSR count). The molecule has 0 aliphatic rings. The fourth-order valence-corrected chi connectivity index (χ4v) is 3.00. The first-order valence-electron chi connectivity index (χ1n) is 8.79. The number of aliphatic hydroxyl groups is 1. The van der Waals surface area contributed by atoms with E-state index in [2.05, 4.69) is 35.8 Å². The molecule has 4 heteroatoms. The zero-order valence-electron chi connectivity index (χ0n) is 15.2. The number of hydrogen-bond acceptors (Lipinski definition) is 3. The van der Waals surface area contributed by atoms with E-state index in [1.807, 2.05) is 43.3 Å². The normalized spacial score (nSPS) is 14.6. The van der Waals surface area contributed by atoms with Gasteiger partial charge in [-0.1, -0.05) is 42.5 Å². The van der Waals surface area contributed by atoms with Crippen LogP contribution in [-0.4, -0.2) is 23.7 Å². The van der Waals surface area contributed by atoms with Gasteiger partial charge >= 0.3 is 0 Å². The van der Waals surface area contributed by atoms with Crippen LogP contribution in [-0.2, 0) is 4.79 Å². The van der Waals surface area contributed by atoms with Crippen molar-refractivity contribution < 1.29 is 9.90 Å². The average molecular weight is 340 g/mol. The van der Waals surface area contributed by atoms with Gasteiger partial charge in [0.25, 0.3) is 0 Å². The highest BCUT2D eigenvalue weighted by Gasteiger charge is 2.16. The van der Waals surface area contributed by atoms with Gasteiger partial charge in [-0.15, -0.1) is 0 Å². The number of benzene rings is 2.